The molecule has 1 atom stereocenters. The van der Waals surface area contributed by atoms with Crippen LogP contribution in [0, 0.1) is 33.4 Å². The lowest BCUT2D eigenvalue weighted by Gasteiger charge is -2.21. The molecule has 0 aromatic heterocycles. The minimum Gasteiger partial charge on any atom is -0.352 e. The van der Waals surface area contributed by atoms with E-state index in [1.165, 1.54) is 0 Å². The molecule has 0 spiro atoms. The number of hydrazine groups is 1. The first kappa shape index (κ1) is 21.7. The predicted octanol–water partition coefficient (Wildman–Crippen LogP) is 0.681. The molecule has 1 aliphatic carbocycles. The first-order chi connectivity index (χ1) is 12.1. The van der Waals surface area contributed by atoms with Crippen molar-refractivity contribution in [3.8, 4) is 0 Å². The van der Waals surface area contributed by atoms with Crippen LogP contribution in [-0.2, 0) is 9.59 Å². The first-order valence-electron chi connectivity index (χ1n) is 8.80. The molecular formula is C16H29N6O4. The van der Waals surface area contributed by atoms with E-state index in [1.54, 1.807) is 12.0 Å². The van der Waals surface area contributed by atoms with Crippen molar-refractivity contribution >= 4 is 17.8 Å². The van der Waals surface area contributed by atoms with Gasteiger partial charge in [0.1, 0.15) is 6.04 Å². The van der Waals surface area contributed by atoms with E-state index >= 15 is 0 Å². The van der Waals surface area contributed by atoms with Gasteiger partial charge in [-0.1, -0.05) is 26.2 Å². The Bertz CT molecular complexity index is 533. The molecule has 10 heteroatoms. The second-order valence-electron chi connectivity index (χ2n) is 7.24. The Hall–Kier alpha value is -2.39. The first-order valence-corrected chi connectivity index (χ1v) is 8.80. The van der Waals surface area contributed by atoms with E-state index in [4.69, 9.17) is 5.41 Å². The fourth-order valence-electron chi connectivity index (χ4n) is 2.16. The van der Waals surface area contributed by atoms with Gasteiger partial charge in [0, 0.05) is 18.5 Å². The van der Waals surface area contributed by atoms with Crippen LogP contribution in [0.4, 0.5) is 0 Å². The van der Waals surface area contributed by atoms with Crippen molar-refractivity contribution in [2.24, 2.45) is 11.3 Å². The molecule has 1 aliphatic rings. The zero-order valence-electron chi connectivity index (χ0n) is 15.6. The summed E-state index contributed by atoms with van der Waals surface area (Å²) in [5, 5.41) is 24.8. The normalized spacial score (nSPS) is 15.7. The number of guanidine groups is 1. The van der Waals surface area contributed by atoms with E-state index in [2.05, 4.69) is 16.0 Å². The molecule has 10 nitrogen and oxygen atoms in total. The third-order valence-corrected chi connectivity index (χ3v) is 4.18. The van der Waals surface area contributed by atoms with Crippen LogP contribution in [0.3, 0.4) is 0 Å². The molecule has 0 unspecified atom stereocenters. The van der Waals surface area contributed by atoms with E-state index in [1.807, 2.05) is 20.8 Å². The largest absolute Gasteiger partial charge is 0.352 e. The zero-order valence-corrected chi connectivity index (χ0v) is 15.6. The van der Waals surface area contributed by atoms with Crippen molar-refractivity contribution in [2.75, 3.05) is 6.54 Å². The van der Waals surface area contributed by atoms with E-state index < -0.39 is 17.0 Å². The fourth-order valence-corrected chi connectivity index (χ4v) is 2.16. The van der Waals surface area contributed by atoms with Crippen LogP contribution in [0.15, 0.2) is 0 Å². The maximum absolute atomic E-state index is 12.4. The van der Waals surface area contributed by atoms with Gasteiger partial charge in [0.2, 0.25) is 11.8 Å². The molecule has 0 aromatic rings. The molecule has 5 N–H and O–H groups in total. The SMILES string of the molecule is CC(C)C[CH]NC(=O)[C@H](CCCNC(=N)N[N+](=O)[O-])NC(=O)C1(C)CC1. The van der Waals surface area contributed by atoms with Gasteiger partial charge < -0.3 is 16.0 Å². The number of hydrogen-bond acceptors (Lipinski definition) is 5. The van der Waals surface area contributed by atoms with E-state index in [9.17, 15) is 19.7 Å². The Kier molecular flexibility index (Phi) is 8.27. The van der Waals surface area contributed by atoms with E-state index in [0.29, 0.717) is 18.8 Å². The van der Waals surface area contributed by atoms with Gasteiger partial charge in [-0.2, -0.15) is 0 Å². The molecule has 26 heavy (non-hydrogen) atoms. The quantitative estimate of drug-likeness (QED) is 0.119. The van der Waals surface area contributed by atoms with Gasteiger partial charge in [0.05, 0.1) is 0 Å². The summed E-state index contributed by atoms with van der Waals surface area (Å²) in [7, 11) is 0. The van der Waals surface area contributed by atoms with E-state index in [-0.39, 0.29) is 23.8 Å². The molecular weight excluding hydrogens is 340 g/mol. The number of hydrogen-bond donors (Lipinski definition) is 5. The van der Waals surface area contributed by atoms with Crippen molar-refractivity contribution in [3.63, 3.8) is 0 Å². The van der Waals surface area contributed by atoms with Crippen molar-refractivity contribution in [3.05, 3.63) is 16.7 Å². The van der Waals surface area contributed by atoms with Crippen LogP contribution in [0.5, 0.6) is 0 Å². The topological polar surface area (TPSA) is 149 Å². The number of carbonyl (C=O) groups is 2. The summed E-state index contributed by atoms with van der Waals surface area (Å²) in [5.74, 6) is -0.409. The highest BCUT2D eigenvalue weighted by atomic mass is 16.7. The summed E-state index contributed by atoms with van der Waals surface area (Å²) < 4.78 is 0. The minimum absolute atomic E-state index is 0.128. The molecule has 0 saturated heterocycles. The number of rotatable bonds is 11. The average Bonchev–Trinajstić information content (AvgIpc) is 3.28. The lowest BCUT2D eigenvalue weighted by Crippen LogP contribution is -2.48. The Morgan fingerprint density at radius 2 is 2.00 bits per heavy atom. The molecule has 1 radical (unpaired) electrons. The summed E-state index contributed by atoms with van der Waals surface area (Å²) in [4.78, 5) is 34.8. The highest BCUT2D eigenvalue weighted by molar-refractivity contribution is 5.91. The van der Waals surface area contributed by atoms with Crippen LogP contribution in [0.1, 0.15) is 52.9 Å². The number of nitrogens with one attached hydrogen (secondary N) is 5. The number of amides is 2. The third kappa shape index (κ3) is 8.13. The maximum Gasteiger partial charge on any atom is 0.251 e. The molecule has 0 heterocycles. The molecule has 0 bridgehead atoms. The summed E-state index contributed by atoms with van der Waals surface area (Å²) in [6, 6.07) is -0.678. The van der Waals surface area contributed by atoms with Crippen molar-refractivity contribution in [2.45, 2.75) is 58.9 Å². The van der Waals surface area contributed by atoms with Crippen LogP contribution >= 0.6 is 0 Å². The second kappa shape index (κ2) is 9.93. The highest BCUT2D eigenvalue weighted by Gasteiger charge is 2.45. The van der Waals surface area contributed by atoms with Gasteiger partial charge in [-0.25, -0.2) is 10.1 Å². The van der Waals surface area contributed by atoms with Gasteiger partial charge in [0.15, 0.2) is 5.03 Å². The van der Waals surface area contributed by atoms with Crippen molar-refractivity contribution in [1.82, 2.24) is 21.4 Å². The molecule has 1 rings (SSSR count). The molecule has 1 fully saturated rings. The number of carbonyl (C=O) groups excluding carboxylic acids is 2. The van der Waals surface area contributed by atoms with Crippen molar-refractivity contribution in [1.29, 1.82) is 5.41 Å². The average molecular weight is 369 g/mol. The van der Waals surface area contributed by atoms with Gasteiger partial charge >= 0.3 is 0 Å². The van der Waals surface area contributed by atoms with Crippen LogP contribution in [-0.4, -0.2) is 35.4 Å². The lowest BCUT2D eigenvalue weighted by atomic mass is 10.1. The molecule has 1 saturated carbocycles. The van der Waals surface area contributed by atoms with Crippen LogP contribution in [0.25, 0.3) is 0 Å². The molecule has 2 amide bonds. The van der Waals surface area contributed by atoms with E-state index in [0.717, 1.165) is 19.3 Å². The minimum atomic E-state index is -0.827. The Balaban J connectivity index is 2.46. The van der Waals surface area contributed by atoms with Gasteiger partial charge in [-0.3, -0.25) is 15.0 Å². The smallest absolute Gasteiger partial charge is 0.251 e. The predicted molar refractivity (Wildman–Crippen MR) is 96.3 cm³/mol. The standard InChI is InChI=1S/C16H29N6O4/c1-11(2)6-10-18-13(23)12(20-14(24)16(3)7-8-16)5-4-9-19-15(17)21-22(25)26/h10-12H,4-9H2,1-3H3,(H,18,23)(H,20,24)(H3,17,19,21)/t12-/m0/s1. The Labute approximate surface area is 153 Å². The van der Waals surface area contributed by atoms with Crippen LogP contribution < -0.4 is 21.4 Å². The summed E-state index contributed by atoms with van der Waals surface area (Å²) in [6.45, 7) is 7.91. The monoisotopic (exact) mass is 369 g/mol. The summed E-state index contributed by atoms with van der Waals surface area (Å²) in [5.41, 5.74) is 1.31. The van der Waals surface area contributed by atoms with Crippen molar-refractivity contribution < 1.29 is 14.6 Å². The molecule has 0 aliphatic heterocycles. The van der Waals surface area contributed by atoms with Gasteiger partial charge in [-0.05, 0) is 38.0 Å². The molecule has 0 aromatic carbocycles. The van der Waals surface area contributed by atoms with Gasteiger partial charge in [0.25, 0.3) is 5.96 Å². The van der Waals surface area contributed by atoms with Gasteiger partial charge in [-0.15, -0.1) is 0 Å². The number of nitro groups is 1. The maximum atomic E-state index is 12.4. The third-order valence-electron chi connectivity index (χ3n) is 4.18. The highest BCUT2D eigenvalue weighted by Crippen LogP contribution is 2.45. The Morgan fingerprint density at radius 3 is 2.54 bits per heavy atom. The fraction of sp³-hybridized carbons (Fsp3) is 0.750. The number of nitrogens with zero attached hydrogens (tertiary/aromatic N) is 1. The Morgan fingerprint density at radius 1 is 1.35 bits per heavy atom. The lowest BCUT2D eigenvalue weighted by molar-refractivity contribution is -0.525. The molecule has 147 valence electrons. The zero-order chi connectivity index (χ0) is 19.7. The summed E-state index contributed by atoms with van der Waals surface area (Å²) in [6.07, 6.45) is 3.19. The summed E-state index contributed by atoms with van der Waals surface area (Å²) >= 11 is 0. The van der Waals surface area contributed by atoms with Crippen LogP contribution in [0.2, 0.25) is 0 Å². The second-order valence-corrected chi connectivity index (χ2v) is 7.24.